The van der Waals surface area contributed by atoms with Gasteiger partial charge in [0.15, 0.2) is 11.5 Å². The Hall–Kier alpha value is -3.59. The Morgan fingerprint density at radius 2 is 1.94 bits per heavy atom. The fourth-order valence-corrected chi connectivity index (χ4v) is 4.21. The van der Waals surface area contributed by atoms with Gasteiger partial charge in [-0.25, -0.2) is 0 Å². The summed E-state index contributed by atoms with van der Waals surface area (Å²) in [5.41, 5.74) is 3.83. The number of hydrogen-bond donors (Lipinski definition) is 1. The van der Waals surface area contributed by atoms with Crippen LogP contribution >= 0.6 is 0 Å². The van der Waals surface area contributed by atoms with Gasteiger partial charge in [0.25, 0.3) is 11.8 Å². The number of carbonyl (C=O) groups is 1. The van der Waals surface area contributed by atoms with E-state index in [0.29, 0.717) is 50.3 Å². The van der Waals surface area contributed by atoms with Crippen LogP contribution in [0.3, 0.4) is 0 Å². The van der Waals surface area contributed by atoms with Crippen LogP contribution in [-0.4, -0.2) is 48.0 Å². The number of nitrogens with one attached hydrogen (secondary N) is 1. The fourth-order valence-electron chi connectivity index (χ4n) is 4.21. The lowest BCUT2D eigenvalue weighted by molar-refractivity contribution is -0.154. The molecule has 0 spiro atoms. The van der Waals surface area contributed by atoms with E-state index in [9.17, 15) is 4.79 Å². The van der Waals surface area contributed by atoms with Crippen LogP contribution < -0.4 is 19.7 Å². The zero-order chi connectivity index (χ0) is 24.4. The third kappa shape index (κ3) is 5.40. The largest absolute Gasteiger partial charge is 0.486 e. The number of rotatable bonds is 7. The maximum atomic E-state index is 11.9. The lowest BCUT2D eigenvalue weighted by Gasteiger charge is -2.19. The molecule has 9 heteroatoms. The molecule has 35 heavy (non-hydrogen) atoms. The summed E-state index contributed by atoms with van der Waals surface area (Å²) in [6.45, 7) is 8.74. The van der Waals surface area contributed by atoms with Crippen molar-refractivity contribution in [2.75, 3.05) is 31.2 Å². The molecule has 9 nitrogen and oxygen atoms in total. The standard InChI is InChI=1S/C26H30N4O5/c1-26(2,3)34-23(31)8-10-27-16-17-4-6-20-18(14-17)9-11-30(20)25-28-24(35-29-25)19-5-7-21-22(15-19)33-13-12-32-21/h4-7,14-15,27H,8-13,16H2,1-3H3. The molecule has 1 aromatic heterocycles. The maximum absolute atomic E-state index is 11.9. The summed E-state index contributed by atoms with van der Waals surface area (Å²) in [7, 11) is 0. The van der Waals surface area contributed by atoms with Gasteiger partial charge in [-0.2, -0.15) is 4.98 Å². The van der Waals surface area contributed by atoms with Crippen LogP contribution in [0.5, 0.6) is 11.5 Å². The van der Waals surface area contributed by atoms with Crippen molar-refractivity contribution in [1.29, 1.82) is 0 Å². The molecule has 0 amide bonds. The number of anilines is 2. The predicted molar refractivity (Wildman–Crippen MR) is 130 cm³/mol. The van der Waals surface area contributed by atoms with E-state index in [2.05, 4.69) is 38.6 Å². The molecule has 0 atom stereocenters. The number of ether oxygens (including phenoxy) is 3. The van der Waals surface area contributed by atoms with Gasteiger partial charge >= 0.3 is 5.97 Å². The average molecular weight is 479 g/mol. The van der Waals surface area contributed by atoms with Gasteiger partial charge in [-0.15, -0.1) is 0 Å². The van der Waals surface area contributed by atoms with Gasteiger partial charge in [0.2, 0.25) is 0 Å². The first-order chi connectivity index (χ1) is 16.9. The zero-order valence-corrected chi connectivity index (χ0v) is 20.3. The molecule has 0 fully saturated rings. The number of carbonyl (C=O) groups excluding carboxylic acids is 1. The Labute approximate surface area is 204 Å². The molecule has 2 aliphatic heterocycles. The van der Waals surface area contributed by atoms with E-state index in [4.69, 9.17) is 18.7 Å². The van der Waals surface area contributed by atoms with Gasteiger partial charge in [-0.3, -0.25) is 4.79 Å². The van der Waals surface area contributed by atoms with Gasteiger partial charge in [-0.05, 0) is 67.7 Å². The number of aromatic nitrogens is 2. The van der Waals surface area contributed by atoms with Crippen LogP contribution in [0.2, 0.25) is 0 Å². The first-order valence-corrected chi connectivity index (χ1v) is 11.9. The topological polar surface area (TPSA) is 99.0 Å². The van der Waals surface area contributed by atoms with Crippen LogP contribution in [0.4, 0.5) is 11.6 Å². The van der Waals surface area contributed by atoms with E-state index >= 15 is 0 Å². The minimum absolute atomic E-state index is 0.190. The fraction of sp³-hybridized carbons (Fsp3) is 0.423. The van der Waals surface area contributed by atoms with Gasteiger partial charge < -0.3 is 29.0 Å². The van der Waals surface area contributed by atoms with Crippen molar-refractivity contribution in [2.45, 2.75) is 45.8 Å². The summed E-state index contributed by atoms with van der Waals surface area (Å²) < 4.78 is 22.1. The Balaban J connectivity index is 1.20. The smallest absolute Gasteiger partial charge is 0.307 e. The minimum atomic E-state index is -0.452. The molecule has 3 aromatic rings. The second kappa shape index (κ2) is 9.58. The summed E-state index contributed by atoms with van der Waals surface area (Å²) in [6.07, 6.45) is 1.24. The van der Waals surface area contributed by atoms with Crippen molar-refractivity contribution >= 4 is 17.6 Å². The number of esters is 1. The highest BCUT2D eigenvalue weighted by Gasteiger charge is 2.25. The average Bonchev–Trinajstić information content (AvgIpc) is 3.47. The van der Waals surface area contributed by atoms with E-state index in [1.165, 1.54) is 11.1 Å². The Morgan fingerprint density at radius 1 is 1.11 bits per heavy atom. The molecular weight excluding hydrogens is 448 g/mol. The molecule has 0 radical (unpaired) electrons. The molecule has 0 saturated heterocycles. The van der Waals surface area contributed by atoms with Crippen LogP contribution in [0.15, 0.2) is 40.9 Å². The minimum Gasteiger partial charge on any atom is -0.486 e. The van der Waals surface area contributed by atoms with Crippen molar-refractivity contribution in [2.24, 2.45) is 0 Å². The first-order valence-electron chi connectivity index (χ1n) is 11.9. The normalized spacial score (nSPS) is 14.7. The molecule has 2 aromatic carbocycles. The summed E-state index contributed by atoms with van der Waals surface area (Å²) >= 11 is 0. The van der Waals surface area contributed by atoms with Crippen molar-refractivity contribution < 1.29 is 23.5 Å². The summed E-state index contributed by atoms with van der Waals surface area (Å²) in [4.78, 5) is 18.6. The second-order valence-electron chi connectivity index (χ2n) is 9.64. The van der Waals surface area contributed by atoms with Gasteiger partial charge in [-0.1, -0.05) is 12.1 Å². The van der Waals surface area contributed by atoms with E-state index in [0.717, 1.165) is 30.0 Å². The van der Waals surface area contributed by atoms with E-state index in [1.54, 1.807) is 0 Å². The summed E-state index contributed by atoms with van der Waals surface area (Å²) in [5.74, 6) is 2.20. The SMILES string of the molecule is CC(C)(C)OC(=O)CCNCc1ccc2c(c1)CCN2c1noc(-c2ccc3c(c2)OCCO3)n1. The monoisotopic (exact) mass is 478 g/mol. The van der Waals surface area contributed by atoms with Crippen molar-refractivity contribution in [1.82, 2.24) is 15.5 Å². The third-order valence-electron chi connectivity index (χ3n) is 5.74. The first kappa shape index (κ1) is 23.2. The van der Waals surface area contributed by atoms with E-state index < -0.39 is 5.60 Å². The summed E-state index contributed by atoms with van der Waals surface area (Å²) in [5, 5.41) is 7.54. The molecular formula is C26H30N4O5. The van der Waals surface area contributed by atoms with Crippen LogP contribution in [-0.2, 0) is 22.5 Å². The molecule has 1 N–H and O–H groups in total. The molecule has 3 heterocycles. The van der Waals surface area contributed by atoms with Crippen LogP contribution in [0.1, 0.15) is 38.3 Å². The highest BCUT2D eigenvalue weighted by molar-refractivity contribution is 5.70. The Morgan fingerprint density at radius 3 is 2.77 bits per heavy atom. The number of nitrogens with zero attached hydrogens (tertiary/aromatic N) is 3. The molecule has 5 rings (SSSR count). The predicted octanol–water partition coefficient (Wildman–Crippen LogP) is 4.02. The molecule has 184 valence electrons. The quantitative estimate of drug-likeness (QED) is 0.399. The molecule has 0 aliphatic carbocycles. The number of benzene rings is 2. The maximum Gasteiger partial charge on any atom is 0.307 e. The second-order valence-corrected chi connectivity index (χ2v) is 9.64. The lowest BCUT2D eigenvalue weighted by atomic mass is 10.1. The molecule has 0 unspecified atom stereocenters. The van der Waals surface area contributed by atoms with Gasteiger partial charge in [0.05, 0.1) is 6.42 Å². The number of fused-ring (bicyclic) bond motifs is 2. The van der Waals surface area contributed by atoms with E-state index in [1.807, 2.05) is 39.0 Å². The van der Waals surface area contributed by atoms with Crippen molar-refractivity contribution in [3.05, 3.63) is 47.5 Å². The van der Waals surface area contributed by atoms with Gasteiger partial charge in [0.1, 0.15) is 18.8 Å². The van der Waals surface area contributed by atoms with Crippen molar-refractivity contribution in [3.8, 4) is 23.0 Å². The molecule has 0 bridgehead atoms. The molecule has 0 saturated carbocycles. The zero-order valence-electron chi connectivity index (χ0n) is 20.3. The highest BCUT2D eigenvalue weighted by atomic mass is 16.6. The lowest BCUT2D eigenvalue weighted by Crippen LogP contribution is -2.26. The third-order valence-corrected chi connectivity index (χ3v) is 5.74. The highest BCUT2D eigenvalue weighted by Crippen LogP contribution is 2.37. The van der Waals surface area contributed by atoms with Crippen LogP contribution in [0, 0.1) is 0 Å². The molecule has 2 aliphatic rings. The van der Waals surface area contributed by atoms with Crippen LogP contribution in [0.25, 0.3) is 11.5 Å². The van der Waals surface area contributed by atoms with Gasteiger partial charge in [0, 0.05) is 30.9 Å². The van der Waals surface area contributed by atoms with Crippen molar-refractivity contribution in [3.63, 3.8) is 0 Å². The Kier molecular flexibility index (Phi) is 6.34. The van der Waals surface area contributed by atoms with E-state index in [-0.39, 0.29) is 5.97 Å². The summed E-state index contributed by atoms with van der Waals surface area (Å²) in [6, 6.07) is 12.0. The number of hydrogen-bond acceptors (Lipinski definition) is 9. The Bertz CT molecular complexity index is 1220.